The minimum Gasteiger partial charge on any atom is -0.387 e. The molecule has 2 aliphatic heterocycles. The molecular formula is C19H26O6. The van der Waals surface area contributed by atoms with Gasteiger partial charge in [-0.25, -0.2) is 0 Å². The fourth-order valence-corrected chi connectivity index (χ4v) is 3.25. The molecule has 0 radical (unpaired) electrons. The number of benzene rings is 1. The molecule has 1 aromatic rings. The zero-order chi connectivity index (χ0) is 18.2. The molecule has 138 valence electrons. The molecule has 0 spiro atoms. The van der Waals surface area contributed by atoms with Crippen LogP contribution in [0, 0.1) is 6.92 Å². The van der Waals surface area contributed by atoms with Crippen molar-refractivity contribution < 1.29 is 29.2 Å². The van der Waals surface area contributed by atoms with Gasteiger partial charge in [0.25, 0.3) is 0 Å². The van der Waals surface area contributed by atoms with E-state index in [0.717, 1.165) is 11.1 Å². The summed E-state index contributed by atoms with van der Waals surface area (Å²) >= 11 is 0. The molecule has 2 aliphatic rings. The number of aliphatic hydroxyl groups is 2. The molecular weight excluding hydrogens is 324 g/mol. The van der Waals surface area contributed by atoms with E-state index < -0.39 is 36.5 Å². The number of rotatable bonds is 6. The highest BCUT2D eigenvalue weighted by Crippen LogP contribution is 2.41. The van der Waals surface area contributed by atoms with Crippen molar-refractivity contribution in [1.82, 2.24) is 0 Å². The van der Waals surface area contributed by atoms with Gasteiger partial charge in [-0.05, 0) is 37.5 Å². The maximum atomic E-state index is 10.7. The van der Waals surface area contributed by atoms with Crippen molar-refractivity contribution in [3.8, 4) is 0 Å². The summed E-state index contributed by atoms with van der Waals surface area (Å²) < 4.78 is 22.5. The van der Waals surface area contributed by atoms with Crippen LogP contribution in [-0.4, -0.2) is 47.2 Å². The van der Waals surface area contributed by atoms with E-state index in [1.165, 1.54) is 0 Å². The van der Waals surface area contributed by atoms with Crippen LogP contribution in [0.3, 0.4) is 0 Å². The van der Waals surface area contributed by atoms with Crippen molar-refractivity contribution in [2.24, 2.45) is 0 Å². The summed E-state index contributed by atoms with van der Waals surface area (Å²) in [4.78, 5) is 0. The molecule has 2 saturated heterocycles. The molecule has 2 unspecified atom stereocenters. The largest absolute Gasteiger partial charge is 0.387 e. The first-order chi connectivity index (χ1) is 11.8. The summed E-state index contributed by atoms with van der Waals surface area (Å²) in [5.41, 5.74) is 2.70. The number of fused-ring (bicyclic) bond motifs is 1. The Kier molecular flexibility index (Phi) is 5.29. The van der Waals surface area contributed by atoms with Crippen molar-refractivity contribution >= 4 is 0 Å². The molecule has 0 bridgehead atoms. The highest BCUT2D eigenvalue weighted by Gasteiger charge is 2.56. The van der Waals surface area contributed by atoms with Gasteiger partial charge in [-0.1, -0.05) is 24.3 Å². The van der Waals surface area contributed by atoms with Crippen LogP contribution in [0.4, 0.5) is 0 Å². The summed E-state index contributed by atoms with van der Waals surface area (Å²) in [7, 11) is 0. The lowest BCUT2D eigenvalue weighted by Crippen LogP contribution is -2.37. The molecule has 0 aliphatic carbocycles. The van der Waals surface area contributed by atoms with Crippen molar-refractivity contribution in [3.63, 3.8) is 0 Å². The van der Waals surface area contributed by atoms with E-state index in [4.69, 9.17) is 18.9 Å². The SMILES string of the molecule is C=CCOCc1cc([C@H](O)C2O[C@H]3OC(C)(C)OC3[C@@H]2O)ccc1C. The number of hydrogen-bond donors (Lipinski definition) is 2. The smallest absolute Gasteiger partial charge is 0.190 e. The maximum absolute atomic E-state index is 10.7. The third-order valence-electron chi connectivity index (χ3n) is 4.57. The third-order valence-corrected chi connectivity index (χ3v) is 4.57. The molecule has 6 heteroatoms. The average Bonchev–Trinajstić information content (AvgIpc) is 3.02. The molecule has 3 rings (SSSR count). The Bertz CT molecular complexity index is 628. The molecule has 0 amide bonds. The Hall–Kier alpha value is -1.28. The first kappa shape index (κ1) is 18.5. The second-order valence-electron chi connectivity index (χ2n) is 6.99. The highest BCUT2D eigenvalue weighted by molar-refractivity contribution is 5.32. The van der Waals surface area contributed by atoms with E-state index in [2.05, 4.69) is 6.58 Å². The molecule has 2 heterocycles. The Labute approximate surface area is 148 Å². The van der Waals surface area contributed by atoms with Crippen LogP contribution in [0.5, 0.6) is 0 Å². The summed E-state index contributed by atoms with van der Waals surface area (Å²) in [6.07, 6.45) is -2.35. The van der Waals surface area contributed by atoms with Crippen LogP contribution in [0.2, 0.25) is 0 Å². The average molecular weight is 350 g/mol. The predicted octanol–water partition coefficient (Wildman–Crippen LogP) is 1.97. The second kappa shape index (κ2) is 7.15. The van der Waals surface area contributed by atoms with Gasteiger partial charge in [0.05, 0.1) is 13.2 Å². The lowest BCUT2D eigenvalue weighted by molar-refractivity contribution is -0.226. The van der Waals surface area contributed by atoms with Gasteiger partial charge in [-0.15, -0.1) is 6.58 Å². The topological polar surface area (TPSA) is 77.4 Å². The molecule has 6 nitrogen and oxygen atoms in total. The zero-order valence-corrected chi connectivity index (χ0v) is 14.8. The van der Waals surface area contributed by atoms with E-state index in [-0.39, 0.29) is 0 Å². The van der Waals surface area contributed by atoms with E-state index in [1.807, 2.05) is 25.1 Å². The summed E-state index contributed by atoms with van der Waals surface area (Å²) in [5, 5.41) is 21.2. The minimum atomic E-state index is -0.991. The Morgan fingerprint density at radius 3 is 2.80 bits per heavy atom. The third kappa shape index (κ3) is 3.79. The number of ether oxygens (including phenoxy) is 4. The fourth-order valence-electron chi connectivity index (χ4n) is 3.25. The molecule has 1 aromatic carbocycles. The van der Waals surface area contributed by atoms with E-state index in [1.54, 1.807) is 19.9 Å². The van der Waals surface area contributed by atoms with Gasteiger partial charge in [0.2, 0.25) is 0 Å². The van der Waals surface area contributed by atoms with Crippen LogP contribution in [0.15, 0.2) is 30.9 Å². The lowest BCUT2D eigenvalue weighted by atomic mass is 9.96. The second-order valence-corrected chi connectivity index (χ2v) is 6.99. The molecule has 5 atom stereocenters. The first-order valence-electron chi connectivity index (χ1n) is 8.47. The van der Waals surface area contributed by atoms with Gasteiger partial charge < -0.3 is 29.2 Å². The van der Waals surface area contributed by atoms with Gasteiger partial charge in [0, 0.05) is 0 Å². The van der Waals surface area contributed by atoms with Gasteiger partial charge in [0.15, 0.2) is 12.1 Å². The van der Waals surface area contributed by atoms with Crippen molar-refractivity contribution in [2.75, 3.05) is 6.61 Å². The predicted molar refractivity (Wildman–Crippen MR) is 90.7 cm³/mol. The summed E-state index contributed by atoms with van der Waals surface area (Å²) in [6.45, 7) is 10.0. The molecule has 2 N–H and O–H groups in total. The van der Waals surface area contributed by atoms with Crippen molar-refractivity contribution in [3.05, 3.63) is 47.5 Å². The lowest BCUT2D eigenvalue weighted by Gasteiger charge is -2.26. The van der Waals surface area contributed by atoms with Gasteiger partial charge >= 0.3 is 0 Å². The summed E-state index contributed by atoms with van der Waals surface area (Å²) in [6, 6.07) is 5.62. The van der Waals surface area contributed by atoms with E-state index in [0.29, 0.717) is 18.8 Å². The highest BCUT2D eigenvalue weighted by atomic mass is 16.8. The fraction of sp³-hybridized carbons (Fsp3) is 0.579. The first-order valence-corrected chi connectivity index (χ1v) is 8.47. The molecule has 2 fully saturated rings. The Morgan fingerprint density at radius 2 is 2.12 bits per heavy atom. The van der Waals surface area contributed by atoms with Gasteiger partial charge in [-0.3, -0.25) is 0 Å². The van der Waals surface area contributed by atoms with Crippen LogP contribution < -0.4 is 0 Å². The number of aryl methyl sites for hydroxylation is 1. The van der Waals surface area contributed by atoms with Gasteiger partial charge in [-0.2, -0.15) is 0 Å². The standard InChI is InChI=1S/C19H26O6/c1-5-8-22-10-13-9-12(7-6-11(13)2)14(20)16-15(21)17-18(23-16)25-19(3,4)24-17/h5-7,9,14-18,20-21H,1,8,10H2,2-4H3/t14-,15+,16?,17?,18-/m0/s1. The molecule has 0 saturated carbocycles. The van der Waals surface area contributed by atoms with Crippen LogP contribution in [-0.2, 0) is 25.6 Å². The van der Waals surface area contributed by atoms with Crippen LogP contribution >= 0.6 is 0 Å². The number of hydrogen-bond acceptors (Lipinski definition) is 6. The van der Waals surface area contributed by atoms with E-state index in [9.17, 15) is 10.2 Å². The van der Waals surface area contributed by atoms with Crippen molar-refractivity contribution in [1.29, 1.82) is 0 Å². The quantitative estimate of drug-likeness (QED) is 0.603. The maximum Gasteiger partial charge on any atom is 0.190 e. The zero-order valence-electron chi connectivity index (χ0n) is 14.8. The Balaban J connectivity index is 1.72. The van der Waals surface area contributed by atoms with Crippen LogP contribution in [0.25, 0.3) is 0 Å². The molecule has 0 aromatic heterocycles. The molecule has 25 heavy (non-hydrogen) atoms. The normalized spacial score (nSPS) is 31.7. The number of aliphatic hydroxyl groups excluding tert-OH is 2. The van der Waals surface area contributed by atoms with Gasteiger partial charge in [0.1, 0.15) is 24.4 Å². The van der Waals surface area contributed by atoms with Crippen molar-refractivity contribution in [2.45, 2.75) is 63.9 Å². The van der Waals surface area contributed by atoms with E-state index >= 15 is 0 Å². The Morgan fingerprint density at radius 1 is 1.36 bits per heavy atom. The monoisotopic (exact) mass is 350 g/mol. The summed E-state index contributed by atoms with van der Waals surface area (Å²) in [5.74, 6) is -0.800. The minimum absolute atomic E-state index is 0.429. The van der Waals surface area contributed by atoms with Crippen LogP contribution in [0.1, 0.15) is 36.6 Å².